The van der Waals surface area contributed by atoms with Crippen LogP contribution < -0.4 is 10.2 Å². The van der Waals surface area contributed by atoms with Crippen molar-refractivity contribution in [2.75, 3.05) is 16.8 Å². The molecule has 1 aliphatic rings. The van der Waals surface area contributed by atoms with Gasteiger partial charge in [0.25, 0.3) is 0 Å². The number of fused-ring (bicyclic) bond motifs is 1. The number of hydrogen-bond acceptors (Lipinski definition) is 4. The third-order valence-corrected chi connectivity index (χ3v) is 4.81. The molecule has 132 valence electrons. The molecule has 0 saturated carbocycles. The maximum absolute atomic E-state index is 14.0. The molecule has 0 bridgehead atoms. The number of para-hydroxylation sites is 1. The van der Waals surface area contributed by atoms with Crippen LogP contribution in [-0.4, -0.2) is 28.5 Å². The molecule has 1 aliphatic heterocycles. The molecule has 2 heterocycles. The van der Waals surface area contributed by atoms with Crippen molar-refractivity contribution in [3.8, 4) is 0 Å². The van der Waals surface area contributed by atoms with Gasteiger partial charge in [-0.05, 0) is 36.8 Å². The Labute approximate surface area is 156 Å². The summed E-state index contributed by atoms with van der Waals surface area (Å²) in [7, 11) is 0. The van der Waals surface area contributed by atoms with Crippen molar-refractivity contribution < 1.29 is 13.6 Å². The number of benzene rings is 2. The van der Waals surface area contributed by atoms with Crippen LogP contribution in [0.2, 0.25) is 0 Å². The second kappa shape index (κ2) is 6.60. The normalized spacial score (nSPS) is 17.1. The number of halogens is 3. The quantitative estimate of drug-likeness (QED) is 0.700. The highest BCUT2D eigenvalue weighted by atomic mass is 79.9. The highest BCUT2D eigenvalue weighted by Crippen LogP contribution is 2.30. The molecular formula is C18H13BrF2N4O. The van der Waals surface area contributed by atoms with Crippen LogP contribution >= 0.6 is 15.9 Å². The van der Waals surface area contributed by atoms with Gasteiger partial charge in [0.1, 0.15) is 35.5 Å². The maximum atomic E-state index is 14.0. The summed E-state index contributed by atoms with van der Waals surface area (Å²) >= 11 is 3.41. The van der Waals surface area contributed by atoms with E-state index in [-0.39, 0.29) is 12.2 Å². The summed E-state index contributed by atoms with van der Waals surface area (Å²) in [5, 5.41) is 3.85. The Morgan fingerprint density at radius 3 is 2.69 bits per heavy atom. The van der Waals surface area contributed by atoms with Crippen molar-refractivity contribution in [1.82, 2.24) is 9.97 Å². The number of carbonyl (C=O) groups excluding carboxylic acids is 1. The fraction of sp³-hybridized carbons (Fsp3) is 0.167. The first kappa shape index (κ1) is 16.8. The average molecular weight is 419 g/mol. The van der Waals surface area contributed by atoms with Crippen molar-refractivity contribution in [2.24, 2.45) is 0 Å². The number of amides is 1. The zero-order valence-corrected chi connectivity index (χ0v) is 15.0. The molecule has 0 spiro atoms. The lowest BCUT2D eigenvalue weighted by molar-refractivity contribution is -0.117. The molecule has 1 aromatic heterocycles. The van der Waals surface area contributed by atoms with Gasteiger partial charge in [-0.15, -0.1) is 0 Å². The summed E-state index contributed by atoms with van der Waals surface area (Å²) in [6.07, 6.45) is 1.82. The van der Waals surface area contributed by atoms with E-state index in [2.05, 4.69) is 31.2 Å². The summed E-state index contributed by atoms with van der Waals surface area (Å²) in [6.45, 7) is 0.223. The van der Waals surface area contributed by atoms with Crippen molar-refractivity contribution >= 4 is 44.2 Å². The summed E-state index contributed by atoms with van der Waals surface area (Å²) in [5.41, 5.74) is 0.422. The topological polar surface area (TPSA) is 58.1 Å². The van der Waals surface area contributed by atoms with E-state index in [0.717, 1.165) is 32.4 Å². The van der Waals surface area contributed by atoms with Gasteiger partial charge in [-0.3, -0.25) is 4.79 Å². The van der Waals surface area contributed by atoms with E-state index in [4.69, 9.17) is 0 Å². The zero-order chi connectivity index (χ0) is 18.3. The van der Waals surface area contributed by atoms with E-state index < -0.39 is 23.6 Å². The largest absolute Gasteiger partial charge is 0.358 e. The van der Waals surface area contributed by atoms with Gasteiger partial charge < -0.3 is 10.2 Å². The Hall–Kier alpha value is -2.61. The predicted molar refractivity (Wildman–Crippen MR) is 98.0 cm³/mol. The molecule has 4 rings (SSSR count). The fourth-order valence-electron chi connectivity index (χ4n) is 3.09. The second-order valence-electron chi connectivity index (χ2n) is 5.93. The summed E-state index contributed by atoms with van der Waals surface area (Å²) in [5.74, 6) is -1.40. The van der Waals surface area contributed by atoms with Gasteiger partial charge in [-0.25, -0.2) is 18.7 Å². The molecule has 2 aromatic carbocycles. The minimum absolute atomic E-state index is 0.223. The molecular weight excluding hydrogens is 406 g/mol. The van der Waals surface area contributed by atoms with Crippen LogP contribution in [0.15, 0.2) is 47.2 Å². The fourth-order valence-corrected chi connectivity index (χ4v) is 3.45. The van der Waals surface area contributed by atoms with Crippen LogP contribution in [0, 0.1) is 11.6 Å². The van der Waals surface area contributed by atoms with Crippen LogP contribution in [0.3, 0.4) is 0 Å². The van der Waals surface area contributed by atoms with E-state index in [1.807, 2.05) is 18.2 Å². The molecule has 3 aromatic rings. The number of nitrogens with zero attached hydrogens (tertiary/aromatic N) is 3. The van der Waals surface area contributed by atoms with Crippen LogP contribution in [0.4, 0.5) is 20.3 Å². The minimum Gasteiger partial charge on any atom is -0.358 e. The third kappa shape index (κ3) is 2.90. The molecule has 1 amide bonds. The third-order valence-electron chi connectivity index (χ3n) is 4.32. The average Bonchev–Trinajstić information content (AvgIpc) is 2.96. The van der Waals surface area contributed by atoms with Crippen molar-refractivity contribution in [3.63, 3.8) is 0 Å². The Balaban J connectivity index is 1.63. The first-order valence-electron chi connectivity index (χ1n) is 7.97. The molecule has 1 atom stereocenters. The number of aromatic nitrogens is 2. The number of anilines is 2. The van der Waals surface area contributed by atoms with E-state index in [1.54, 1.807) is 0 Å². The number of hydrogen-bond donors (Lipinski definition) is 1. The highest BCUT2D eigenvalue weighted by molar-refractivity contribution is 9.10. The van der Waals surface area contributed by atoms with Crippen molar-refractivity contribution in [1.29, 1.82) is 0 Å². The van der Waals surface area contributed by atoms with E-state index in [1.165, 1.54) is 12.4 Å². The van der Waals surface area contributed by atoms with E-state index in [9.17, 15) is 13.6 Å². The molecule has 1 unspecified atom stereocenters. The number of rotatable bonds is 3. The van der Waals surface area contributed by atoms with E-state index in [0.29, 0.717) is 12.2 Å². The monoisotopic (exact) mass is 418 g/mol. The minimum atomic E-state index is -0.754. The predicted octanol–water partition coefficient (Wildman–Crippen LogP) is 3.89. The van der Waals surface area contributed by atoms with Gasteiger partial charge in [0.15, 0.2) is 0 Å². The second-order valence-corrected chi connectivity index (χ2v) is 6.85. The molecule has 0 aliphatic carbocycles. The number of carbonyl (C=O) groups is 1. The molecule has 0 radical (unpaired) electrons. The summed E-state index contributed by atoms with van der Waals surface area (Å²) in [6, 6.07) is 8.49. The smallest absolute Gasteiger partial charge is 0.249 e. The van der Waals surface area contributed by atoms with Crippen LogP contribution in [0.5, 0.6) is 0 Å². The molecule has 5 nitrogen and oxygen atoms in total. The van der Waals surface area contributed by atoms with Crippen LogP contribution in [-0.2, 0) is 4.79 Å². The maximum Gasteiger partial charge on any atom is 0.249 e. The standard InChI is InChI=1S/C18H13BrF2N4O/c19-10-4-5-14-11(8-10)17(23-9-22-14)24-15-6-7-25(18(15)26)16-12(20)2-1-3-13(16)21/h1-5,8-9,15H,6-7H2,(H,22,23,24). The van der Waals surface area contributed by atoms with Gasteiger partial charge in [-0.1, -0.05) is 22.0 Å². The first-order valence-corrected chi connectivity index (χ1v) is 8.76. The Morgan fingerprint density at radius 2 is 1.92 bits per heavy atom. The van der Waals surface area contributed by atoms with E-state index >= 15 is 0 Å². The van der Waals surface area contributed by atoms with Gasteiger partial charge >= 0.3 is 0 Å². The summed E-state index contributed by atoms with van der Waals surface area (Å²) < 4.78 is 28.9. The SMILES string of the molecule is O=C1C(Nc2ncnc3ccc(Br)cc23)CCN1c1c(F)cccc1F. The lowest BCUT2D eigenvalue weighted by Crippen LogP contribution is -2.34. The van der Waals surface area contributed by atoms with Gasteiger partial charge in [0.2, 0.25) is 5.91 Å². The Morgan fingerprint density at radius 1 is 1.15 bits per heavy atom. The molecule has 1 N–H and O–H groups in total. The van der Waals surface area contributed by atoms with Gasteiger partial charge in [-0.2, -0.15) is 0 Å². The van der Waals surface area contributed by atoms with Crippen molar-refractivity contribution in [2.45, 2.75) is 12.5 Å². The van der Waals surface area contributed by atoms with Crippen LogP contribution in [0.25, 0.3) is 10.9 Å². The number of nitrogens with one attached hydrogen (secondary N) is 1. The summed E-state index contributed by atoms with van der Waals surface area (Å²) in [4.78, 5) is 22.2. The van der Waals surface area contributed by atoms with Gasteiger partial charge in [0.05, 0.1) is 5.52 Å². The Bertz CT molecular complexity index is 993. The van der Waals surface area contributed by atoms with Crippen LogP contribution in [0.1, 0.15) is 6.42 Å². The van der Waals surface area contributed by atoms with Gasteiger partial charge in [0, 0.05) is 16.4 Å². The first-order chi connectivity index (χ1) is 12.5. The molecule has 8 heteroatoms. The molecule has 26 heavy (non-hydrogen) atoms. The Kier molecular flexibility index (Phi) is 4.28. The lowest BCUT2D eigenvalue weighted by atomic mass is 10.2. The molecule has 1 saturated heterocycles. The lowest BCUT2D eigenvalue weighted by Gasteiger charge is -2.19. The zero-order valence-electron chi connectivity index (χ0n) is 13.4. The van der Waals surface area contributed by atoms with Crippen molar-refractivity contribution in [3.05, 3.63) is 58.8 Å². The highest BCUT2D eigenvalue weighted by Gasteiger charge is 2.35. The molecule has 1 fully saturated rings.